The van der Waals surface area contributed by atoms with Gasteiger partial charge in [0.25, 0.3) is 0 Å². The number of esters is 2. The topological polar surface area (TPSA) is 167 Å². The van der Waals surface area contributed by atoms with Gasteiger partial charge in [-0.05, 0) is 59.2 Å². The van der Waals surface area contributed by atoms with Crippen molar-refractivity contribution >= 4 is 36.5 Å². The Labute approximate surface area is 232 Å². The predicted molar refractivity (Wildman–Crippen MR) is 146 cm³/mol. The molecule has 0 fully saturated rings. The van der Waals surface area contributed by atoms with Gasteiger partial charge in [-0.15, -0.1) is 0 Å². The number of nitrogens with zero attached hydrogens (tertiary/aromatic N) is 4. The number of benzene rings is 1. The third-order valence-electron chi connectivity index (χ3n) is 5.41. The first-order chi connectivity index (χ1) is 18.7. The Morgan fingerprint density at radius 2 is 1.57 bits per heavy atom. The minimum absolute atomic E-state index is 0.188. The highest BCUT2D eigenvalue weighted by Crippen LogP contribution is 2.51. The van der Waals surface area contributed by atoms with Crippen molar-refractivity contribution in [3.05, 3.63) is 42.5 Å². The Kier molecular flexibility index (Phi) is 9.88. The van der Waals surface area contributed by atoms with E-state index >= 15 is 0 Å². The lowest BCUT2D eigenvalue weighted by Gasteiger charge is -2.22. The molecule has 0 unspecified atom stereocenters. The zero-order valence-corrected chi connectivity index (χ0v) is 24.5. The highest BCUT2D eigenvalue weighted by Gasteiger charge is 2.30. The molecule has 14 heteroatoms. The van der Waals surface area contributed by atoms with Crippen molar-refractivity contribution in [2.24, 2.45) is 10.8 Å². The van der Waals surface area contributed by atoms with E-state index in [0.29, 0.717) is 34.8 Å². The van der Waals surface area contributed by atoms with E-state index in [0.717, 1.165) is 0 Å². The van der Waals surface area contributed by atoms with Crippen molar-refractivity contribution in [2.45, 2.75) is 54.2 Å². The van der Waals surface area contributed by atoms with Crippen molar-refractivity contribution in [1.82, 2.24) is 19.5 Å². The van der Waals surface area contributed by atoms with Crippen LogP contribution in [-0.2, 0) is 45.4 Å². The van der Waals surface area contributed by atoms with E-state index in [2.05, 4.69) is 15.0 Å². The van der Waals surface area contributed by atoms with Crippen molar-refractivity contribution in [1.29, 1.82) is 0 Å². The van der Waals surface area contributed by atoms with Gasteiger partial charge in [0.05, 0.1) is 29.9 Å². The first-order valence-corrected chi connectivity index (χ1v) is 14.3. The molecule has 0 saturated carbocycles. The fourth-order valence-corrected chi connectivity index (χ4v) is 4.49. The summed E-state index contributed by atoms with van der Waals surface area (Å²) in [5.74, 6) is -0.254. The molecule has 2 aromatic heterocycles. The molecular formula is C26H36N5O8P. The lowest BCUT2D eigenvalue weighted by atomic mass is 9.98. The van der Waals surface area contributed by atoms with Crippen LogP contribution in [0.1, 0.15) is 47.1 Å². The summed E-state index contributed by atoms with van der Waals surface area (Å²) in [5, 5.41) is 0. The van der Waals surface area contributed by atoms with Gasteiger partial charge in [-0.25, -0.2) is 15.0 Å². The van der Waals surface area contributed by atoms with E-state index in [1.807, 2.05) is 0 Å². The number of carbonyl (C=O) groups is 2. The SMILES string of the molecule is CC(C)(C)C(=O)OCOP(=O)(Cc1cccc(OCCn2cnc3c(N)ncnc32)c1)OCOC(=O)C(C)(C)C. The van der Waals surface area contributed by atoms with Gasteiger partial charge in [0.2, 0.25) is 13.6 Å². The second kappa shape index (κ2) is 12.8. The van der Waals surface area contributed by atoms with Gasteiger partial charge in [0.15, 0.2) is 11.5 Å². The van der Waals surface area contributed by atoms with Gasteiger partial charge in [-0.3, -0.25) is 23.2 Å². The molecule has 218 valence electrons. The van der Waals surface area contributed by atoms with E-state index in [4.69, 9.17) is 29.0 Å². The highest BCUT2D eigenvalue weighted by atomic mass is 31.2. The summed E-state index contributed by atoms with van der Waals surface area (Å²) in [6, 6.07) is 6.89. The fourth-order valence-electron chi connectivity index (χ4n) is 3.16. The Morgan fingerprint density at radius 3 is 2.17 bits per heavy atom. The molecule has 0 aliphatic rings. The number of ether oxygens (including phenoxy) is 3. The summed E-state index contributed by atoms with van der Waals surface area (Å²) in [5.41, 5.74) is 5.97. The molecule has 3 rings (SSSR count). The minimum Gasteiger partial charge on any atom is -0.492 e. The van der Waals surface area contributed by atoms with Gasteiger partial charge in [0.1, 0.15) is 24.2 Å². The van der Waals surface area contributed by atoms with Crippen molar-refractivity contribution in [3.63, 3.8) is 0 Å². The molecule has 0 aliphatic heterocycles. The largest absolute Gasteiger partial charge is 0.492 e. The summed E-state index contributed by atoms with van der Waals surface area (Å²) in [4.78, 5) is 36.6. The molecule has 0 spiro atoms. The first-order valence-electron chi connectivity index (χ1n) is 12.5. The zero-order chi connectivity index (χ0) is 29.6. The van der Waals surface area contributed by atoms with Crippen LogP contribution >= 0.6 is 7.60 Å². The lowest BCUT2D eigenvalue weighted by Crippen LogP contribution is -2.24. The number of nitrogens with two attached hydrogens (primary N) is 1. The van der Waals surface area contributed by atoms with Gasteiger partial charge >= 0.3 is 19.5 Å². The molecule has 13 nitrogen and oxygen atoms in total. The molecule has 40 heavy (non-hydrogen) atoms. The molecular weight excluding hydrogens is 541 g/mol. The number of fused-ring (bicyclic) bond motifs is 1. The average Bonchev–Trinajstić information content (AvgIpc) is 3.27. The van der Waals surface area contributed by atoms with Crippen LogP contribution in [0.15, 0.2) is 36.9 Å². The number of anilines is 1. The second-order valence-corrected chi connectivity index (χ2v) is 13.0. The Hall–Kier alpha value is -3.54. The fraction of sp³-hybridized carbons (Fsp3) is 0.500. The maximum Gasteiger partial charge on any atom is 0.340 e. The van der Waals surface area contributed by atoms with Gasteiger partial charge in [-0.1, -0.05) is 12.1 Å². The Morgan fingerprint density at radius 1 is 0.950 bits per heavy atom. The third kappa shape index (κ3) is 8.73. The molecule has 0 atom stereocenters. The van der Waals surface area contributed by atoms with Crippen LogP contribution in [0.3, 0.4) is 0 Å². The summed E-state index contributed by atoms with van der Waals surface area (Å²) < 4.78 is 42.3. The normalized spacial score (nSPS) is 12.3. The van der Waals surface area contributed by atoms with Gasteiger partial charge in [0, 0.05) is 0 Å². The molecule has 0 aliphatic carbocycles. The maximum absolute atomic E-state index is 13.6. The van der Waals surface area contributed by atoms with Gasteiger partial charge < -0.3 is 24.5 Å². The number of rotatable bonds is 12. The molecule has 1 aromatic carbocycles. The molecule has 0 radical (unpaired) electrons. The number of nitrogen functional groups attached to an aromatic ring is 1. The summed E-state index contributed by atoms with van der Waals surface area (Å²) in [6.07, 6.45) is 2.79. The van der Waals surface area contributed by atoms with Crippen LogP contribution in [0.5, 0.6) is 5.75 Å². The predicted octanol–water partition coefficient (Wildman–Crippen LogP) is 4.31. The molecule has 3 aromatic rings. The summed E-state index contributed by atoms with van der Waals surface area (Å²) >= 11 is 0. The smallest absolute Gasteiger partial charge is 0.340 e. The summed E-state index contributed by atoms with van der Waals surface area (Å²) in [6.45, 7) is 9.64. The first kappa shape index (κ1) is 31.0. The van der Waals surface area contributed by atoms with Crippen molar-refractivity contribution < 1.29 is 37.4 Å². The number of imidazole rings is 1. The third-order valence-corrected chi connectivity index (χ3v) is 7.16. The van der Waals surface area contributed by atoms with Crippen LogP contribution in [0.25, 0.3) is 11.2 Å². The van der Waals surface area contributed by atoms with Gasteiger partial charge in [-0.2, -0.15) is 0 Å². The summed E-state index contributed by atoms with van der Waals surface area (Å²) in [7, 11) is -3.92. The number of hydrogen-bond donors (Lipinski definition) is 1. The number of aromatic nitrogens is 4. The molecule has 0 bridgehead atoms. The van der Waals surface area contributed by atoms with E-state index in [1.54, 1.807) is 76.7 Å². The second-order valence-electron chi connectivity index (χ2n) is 11.0. The number of carbonyl (C=O) groups excluding carboxylic acids is 2. The van der Waals surface area contributed by atoms with E-state index in [-0.39, 0.29) is 12.8 Å². The molecule has 0 amide bonds. The highest BCUT2D eigenvalue weighted by molar-refractivity contribution is 7.53. The maximum atomic E-state index is 13.6. The minimum atomic E-state index is -3.92. The average molecular weight is 578 g/mol. The molecule has 2 N–H and O–H groups in total. The Balaban J connectivity index is 1.64. The van der Waals surface area contributed by atoms with Crippen LogP contribution < -0.4 is 10.5 Å². The van der Waals surface area contributed by atoms with Crippen LogP contribution in [-0.4, -0.2) is 51.7 Å². The van der Waals surface area contributed by atoms with E-state index < -0.39 is 44.0 Å². The van der Waals surface area contributed by atoms with Crippen LogP contribution in [0, 0.1) is 10.8 Å². The van der Waals surface area contributed by atoms with Crippen LogP contribution in [0.4, 0.5) is 5.82 Å². The lowest BCUT2D eigenvalue weighted by molar-refractivity contribution is -0.162. The van der Waals surface area contributed by atoms with E-state index in [9.17, 15) is 14.2 Å². The Bertz CT molecular complexity index is 1340. The molecule has 2 heterocycles. The monoisotopic (exact) mass is 577 g/mol. The number of hydrogen-bond acceptors (Lipinski definition) is 12. The molecule has 0 saturated heterocycles. The van der Waals surface area contributed by atoms with Crippen molar-refractivity contribution in [3.8, 4) is 5.75 Å². The quantitative estimate of drug-likeness (QED) is 0.184. The van der Waals surface area contributed by atoms with E-state index in [1.165, 1.54) is 6.33 Å². The van der Waals surface area contributed by atoms with Crippen molar-refractivity contribution in [2.75, 3.05) is 25.9 Å². The van der Waals surface area contributed by atoms with Crippen LogP contribution in [0.2, 0.25) is 0 Å². The standard InChI is InChI=1S/C26H36N5O8P/c1-25(2,3)23(32)36-16-38-40(34,39-17-37-24(33)26(4,5)6)13-18-8-7-9-19(12-18)35-11-10-31-15-30-20-21(27)28-14-29-22(20)31/h7-9,12,14-15H,10-11,13,16-17H2,1-6H3,(H2,27,28,29). The zero-order valence-electron chi connectivity index (χ0n) is 23.6.